The number of anilines is 2. The van der Waals surface area contributed by atoms with Crippen LogP contribution >= 0.6 is 23.1 Å². The zero-order chi connectivity index (χ0) is 21.7. The molecule has 0 spiro atoms. The maximum Gasteiger partial charge on any atom is 0.239 e. The van der Waals surface area contributed by atoms with Gasteiger partial charge in [0.15, 0.2) is 10.3 Å². The molecule has 0 aliphatic rings. The summed E-state index contributed by atoms with van der Waals surface area (Å²) in [6.45, 7) is 8.39. The molecule has 1 atom stereocenters. The van der Waals surface area contributed by atoms with E-state index < -0.39 is 0 Å². The first-order valence-corrected chi connectivity index (χ1v) is 11.3. The fraction of sp³-hybridized carbons (Fsp3) is 0.350. The third kappa shape index (κ3) is 5.45. The number of nitrogens with one attached hydrogen (secondary N) is 2. The van der Waals surface area contributed by atoms with Gasteiger partial charge in [0.1, 0.15) is 5.82 Å². The fourth-order valence-corrected chi connectivity index (χ4v) is 4.19. The molecule has 3 aromatic rings. The summed E-state index contributed by atoms with van der Waals surface area (Å²) in [6, 6.07) is 5.81. The second kappa shape index (κ2) is 9.86. The minimum absolute atomic E-state index is 0.105. The zero-order valence-corrected chi connectivity index (χ0v) is 18.9. The Labute approximate surface area is 183 Å². The quantitative estimate of drug-likeness (QED) is 0.514. The molecule has 0 saturated carbocycles. The first kappa shape index (κ1) is 22.0. The molecule has 2 amide bonds. The number of carbonyl (C=O) groups excluding carboxylic acids is 2. The molecule has 2 aromatic heterocycles. The molecule has 0 fully saturated rings. The van der Waals surface area contributed by atoms with Crippen LogP contribution in [0.3, 0.4) is 0 Å². The number of rotatable bonds is 8. The van der Waals surface area contributed by atoms with Crippen molar-refractivity contribution in [3.8, 4) is 0 Å². The summed E-state index contributed by atoms with van der Waals surface area (Å²) in [4.78, 5) is 28.9. The molecule has 0 radical (unpaired) electrons. The molecule has 1 aromatic carbocycles. The number of hydrogen-bond donors (Lipinski definition) is 2. The van der Waals surface area contributed by atoms with Gasteiger partial charge in [-0.2, -0.15) is 0 Å². The molecule has 158 valence electrons. The van der Waals surface area contributed by atoms with E-state index in [1.165, 1.54) is 28.7 Å². The van der Waals surface area contributed by atoms with Crippen LogP contribution in [0, 0.1) is 13.8 Å². The smallest absolute Gasteiger partial charge is 0.239 e. The van der Waals surface area contributed by atoms with Crippen molar-refractivity contribution in [1.29, 1.82) is 0 Å². The normalized spacial score (nSPS) is 11.9. The molecule has 0 unspecified atom stereocenters. The molecule has 2 N–H and O–H groups in total. The van der Waals surface area contributed by atoms with Crippen molar-refractivity contribution in [2.45, 2.75) is 51.1 Å². The lowest BCUT2D eigenvalue weighted by Gasteiger charge is -2.12. The Morgan fingerprint density at radius 3 is 2.67 bits per heavy atom. The highest BCUT2D eigenvalue weighted by atomic mass is 32.2. The van der Waals surface area contributed by atoms with Crippen molar-refractivity contribution in [1.82, 2.24) is 19.7 Å². The molecule has 2 heterocycles. The number of thiazole rings is 1. The van der Waals surface area contributed by atoms with E-state index >= 15 is 0 Å². The number of nitrogens with zero attached hydrogens (tertiary/aromatic N) is 4. The van der Waals surface area contributed by atoms with E-state index in [2.05, 4.69) is 25.8 Å². The van der Waals surface area contributed by atoms with Gasteiger partial charge in [0.2, 0.25) is 11.8 Å². The summed E-state index contributed by atoms with van der Waals surface area (Å²) in [5, 5.41) is 16.6. The molecular weight excluding hydrogens is 420 g/mol. The number of thioether (sulfide) groups is 1. The molecule has 0 aliphatic carbocycles. The lowest BCUT2D eigenvalue weighted by molar-refractivity contribution is -0.116. The number of carbonyl (C=O) groups is 2. The van der Waals surface area contributed by atoms with E-state index in [9.17, 15) is 9.59 Å². The van der Waals surface area contributed by atoms with Gasteiger partial charge in [-0.3, -0.25) is 9.59 Å². The Morgan fingerprint density at radius 1 is 1.20 bits per heavy atom. The number of amides is 2. The lowest BCUT2D eigenvalue weighted by atomic mass is 10.1. The van der Waals surface area contributed by atoms with Gasteiger partial charge in [0.25, 0.3) is 0 Å². The van der Waals surface area contributed by atoms with Gasteiger partial charge in [-0.15, -0.1) is 21.5 Å². The van der Waals surface area contributed by atoms with Crippen LogP contribution in [0.15, 0.2) is 34.9 Å². The van der Waals surface area contributed by atoms with Crippen LogP contribution in [0.5, 0.6) is 0 Å². The highest BCUT2D eigenvalue weighted by Crippen LogP contribution is 2.24. The maximum atomic E-state index is 12.5. The van der Waals surface area contributed by atoms with Crippen LogP contribution in [-0.4, -0.2) is 36.8 Å². The molecular formula is C20H24N6O2S2. The Bertz CT molecular complexity index is 1030. The minimum atomic E-state index is -0.388. The summed E-state index contributed by atoms with van der Waals surface area (Å²) in [5.74, 6) is 0.245. The first-order chi connectivity index (χ1) is 14.4. The number of aryl methyl sites for hydroxylation is 2. The Balaban J connectivity index is 1.63. The van der Waals surface area contributed by atoms with Crippen molar-refractivity contribution in [2.75, 3.05) is 10.6 Å². The molecule has 30 heavy (non-hydrogen) atoms. The number of aromatic nitrogens is 4. The second-order valence-corrected chi connectivity index (χ2v) is 8.96. The third-order valence-corrected chi connectivity index (χ3v) is 6.30. The molecule has 0 saturated heterocycles. The average Bonchev–Trinajstić information content (AvgIpc) is 3.34. The molecule has 0 aliphatic heterocycles. The van der Waals surface area contributed by atoms with Crippen LogP contribution in [0.25, 0.3) is 0 Å². The average molecular weight is 445 g/mol. The standard InChI is InChI=1S/C20H24N6O2S2/c1-5-26-16(11-17(27)22-15-7-6-12(2)13(3)10-15)24-25-20(26)30-14(4)18(28)23-19-21-8-9-29-19/h6-10,14H,5,11H2,1-4H3,(H,22,27)(H,21,23,28)/t14-/m0/s1. The highest BCUT2D eigenvalue weighted by Gasteiger charge is 2.21. The summed E-state index contributed by atoms with van der Waals surface area (Å²) < 4.78 is 1.86. The summed E-state index contributed by atoms with van der Waals surface area (Å²) in [5.41, 5.74) is 3.05. The van der Waals surface area contributed by atoms with E-state index in [0.717, 1.165) is 11.3 Å². The van der Waals surface area contributed by atoms with Crippen LogP contribution in [-0.2, 0) is 22.6 Å². The van der Waals surface area contributed by atoms with Crippen molar-refractivity contribution < 1.29 is 9.59 Å². The van der Waals surface area contributed by atoms with Crippen LogP contribution in [0.1, 0.15) is 30.8 Å². The maximum absolute atomic E-state index is 12.5. The monoisotopic (exact) mass is 444 g/mol. The van der Waals surface area contributed by atoms with Gasteiger partial charge in [-0.05, 0) is 51.0 Å². The second-order valence-electron chi connectivity index (χ2n) is 6.75. The zero-order valence-electron chi connectivity index (χ0n) is 17.3. The van der Waals surface area contributed by atoms with E-state index in [0.29, 0.717) is 22.7 Å². The SMILES string of the molecule is CCn1c(CC(=O)Nc2ccc(C)c(C)c2)nnc1S[C@@H](C)C(=O)Nc1nccs1. The fourth-order valence-electron chi connectivity index (χ4n) is 2.73. The largest absolute Gasteiger partial charge is 0.326 e. The van der Waals surface area contributed by atoms with Gasteiger partial charge in [0.05, 0.1) is 11.7 Å². The predicted octanol–water partition coefficient (Wildman–Crippen LogP) is 3.67. The van der Waals surface area contributed by atoms with E-state index in [1.807, 2.05) is 43.5 Å². The molecule has 8 nitrogen and oxygen atoms in total. The van der Waals surface area contributed by atoms with Crippen molar-refractivity contribution >= 4 is 45.7 Å². The van der Waals surface area contributed by atoms with Crippen LogP contribution in [0.2, 0.25) is 0 Å². The van der Waals surface area contributed by atoms with Crippen LogP contribution < -0.4 is 10.6 Å². The van der Waals surface area contributed by atoms with E-state index in [4.69, 9.17) is 0 Å². The van der Waals surface area contributed by atoms with E-state index in [1.54, 1.807) is 18.5 Å². The van der Waals surface area contributed by atoms with Gasteiger partial charge < -0.3 is 15.2 Å². The minimum Gasteiger partial charge on any atom is -0.326 e. The lowest BCUT2D eigenvalue weighted by Crippen LogP contribution is -2.23. The summed E-state index contributed by atoms with van der Waals surface area (Å²) in [6.07, 6.45) is 1.75. The van der Waals surface area contributed by atoms with Crippen molar-refractivity contribution in [2.24, 2.45) is 0 Å². The molecule has 0 bridgehead atoms. The van der Waals surface area contributed by atoms with Gasteiger partial charge in [0, 0.05) is 23.8 Å². The Morgan fingerprint density at radius 2 is 2.00 bits per heavy atom. The van der Waals surface area contributed by atoms with Crippen LogP contribution in [0.4, 0.5) is 10.8 Å². The van der Waals surface area contributed by atoms with Gasteiger partial charge in [-0.1, -0.05) is 17.8 Å². The van der Waals surface area contributed by atoms with E-state index in [-0.39, 0.29) is 23.5 Å². The number of hydrogen-bond acceptors (Lipinski definition) is 7. The highest BCUT2D eigenvalue weighted by molar-refractivity contribution is 8.00. The van der Waals surface area contributed by atoms with Crippen molar-refractivity contribution in [3.63, 3.8) is 0 Å². The third-order valence-electron chi connectivity index (χ3n) is 4.53. The Kier molecular flexibility index (Phi) is 7.22. The Hall–Kier alpha value is -2.72. The summed E-state index contributed by atoms with van der Waals surface area (Å²) >= 11 is 2.67. The summed E-state index contributed by atoms with van der Waals surface area (Å²) in [7, 11) is 0. The molecule has 3 rings (SSSR count). The first-order valence-electron chi connectivity index (χ1n) is 9.53. The van der Waals surface area contributed by atoms with Gasteiger partial charge >= 0.3 is 0 Å². The van der Waals surface area contributed by atoms with Crippen molar-refractivity contribution in [3.05, 3.63) is 46.7 Å². The predicted molar refractivity (Wildman–Crippen MR) is 120 cm³/mol. The molecule has 10 heteroatoms. The topological polar surface area (TPSA) is 102 Å². The van der Waals surface area contributed by atoms with Gasteiger partial charge in [-0.25, -0.2) is 4.98 Å². The number of benzene rings is 1.